The van der Waals surface area contributed by atoms with Crippen molar-refractivity contribution < 1.29 is 14.3 Å². The van der Waals surface area contributed by atoms with E-state index in [0.29, 0.717) is 18.9 Å². The van der Waals surface area contributed by atoms with Crippen LogP contribution < -0.4 is 0 Å². The van der Waals surface area contributed by atoms with Gasteiger partial charge in [0.05, 0.1) is 25.3 Å². The minimum atomic E-state index is -0.215. The Labute approximate surface area is 148 Å². The summed E-state index contributed by atoms with van der Waals surface area (Å²) in [5.74, 6) is 0.427. The lowest BCUT2D eigenvalue weighted by atomic mass is 9.95. The maximum absolute atomic E-state index is 12.3. The summed E-state index contributed by atoms with van der Waals surface area (Å²) >= 11 is 5.84. The number of hydrogen-bond donors (Lipinski definition) is 0. The summed E-state index contributed by atoms with van der Waals surface area (Å²) < 4.78 is 11.1. The number of benzene rings is 1. The Hall–Kier alpha value is -1.52. The highest BCUT2D eigenvalue weighted by atomic mass is 35.5. The number of carbonyl (C=O) groups is 1. The van der Waals surface area contributed by atoms with Gasteiger partial charge in [0.25, 0.3) is 0 Å². The van der Waals surface area contributed by atoms with E-state index in [1.165, 1.54) is 12.7 Å². The fourth-order valence-electron chi connectivity index (χ4n) is 3.66. The molecule has 2 heterocycles. The van der Waals surface area contributed by atoms with Crippen molar-refractivity contribution in [3.05, 3.63) is 47.2 Å². The molecule has 1 aromatic rings. The van der Waals surface area contributed by atoms with Gasteiger partial charge in [0.2, 0.25) is 0 Å². The molecule has 2 aliphatic heterocycles. The van der Waals surface area contributed by atoms with Gasteiger partial charge in [0, 0.05) is 11.6 Å². The van der Waals surface area contributed by atoms with Gasteiger partial charge in [0.1, 0.15) is 6.23 Å². The van der Waals surface area contributed by atoms with E-state index in [1.807, 2.05) is 18.2 Å². The van der Waals surface area contributed by atoms with Crippen molar-refractivity contribution in [3.8, 4) is 0 Å². The lowest BCUT2D eigenvalue weighted by Crippen LogP contribution is -2.37. The first-order valence-electron chi connectivity index (χ1n) is 8.57. The second-order valence-electron chi connectivity index (χ2n) is 6.22. The number of methoxy groups -OCH3 is 1. The standard InChI is InChI=1S/C19H24ClNO3/c1-23-19(22)15-10-11-18-21(16(15)9-5-6-12-20)17(13-24-18)14-7-3-2-4-8-14/h2-4,7-8,17-18H,5-6,9-13H2,1H3/t17-,18+/m1/s1. The van der Waals surface area contributed by atoms with Crippen LogP contribution in [0.3, 0.4) is 0 Å². The molecule has 0 bridgehead atoms. The van der Waals surface area contributed by atoms with E-state index < -0.39 is 0 Å². The summed E-state index contributed by atoms with van der Waals surface area (Å²) in [6.45, 7) is 0.655. The normalized spacial score (nSPS) is 23.3. The molecule has 0 aromatic heterocycles. The first kappa shape index (κ1) is 17.3. The average Bonchev–Trinajstić information content (AvgIpc) is 3.06. The largest absolute Gasteiger partial charge is 0.466 e. The van der Waals surface area contributed by atoms with Crippen molar-refractivity contribution in [2.75, 3.05) is 19.6 Å². The predicted octanol–water partition coefficient (Wildman–Crippen LogP) is 4.02. The Balaban J connectivity index is 1.93. The van der Waals surface area contributed by atoms with Gasteiger partial charge in [-0.3, -0.25) is 0 Å². The molecule has 0 N–H and O–H groups in total. The topological polar surface area (TPSA) is 38.8 Å². The van der Waals surface area contributed by atoms with Gasteiger partial charge in [-0.2, -0.15) is 0 Å². The van der Waals surface area contributed by atoms with E-state index in [4.69, 9.17) is 21.1 Å². The molecule has 0 radical (unpaired) electrons. The van der Waals surface area contributed by atoms with Gasteiger partial charge >= 0.3 is 5.97 Å². The number of rotatable bonds is 6. The lowest BCUT2D eigenvalue weighted by Gasteiger charge is -2.37. The van der Waals surface area contributed by atoms with E-state index >= 15 is 0 Å². The van der Waals surface area contributed by atoms with Gasteiger partial charge in [0.15, 0.2) is 0 Å². The Kier molecular flexibility index (Phi) is 5.80. The minimum absolute atomic E-state index is 0.0506. The van der Waals surface area contributed by atoms with Crippen molar-refractivity contribution in [2.24, 2.45) is 0 Å². The number of esters is 1. The van der Waals surface area contributed by atoms with Crippen LogP contribution in [0.4, 0.5) is 0 Å². The third-order valence-electron chi connectivity index (χ3n) is 4.81. The molecular formula is C19H24ClNO3. The molecule has 0 unspecified atom stereocenters. The Bertz CT molecular complexity index is 602. The number of unbranched alkanes of at least 4 members (excludes halogenated alkanes) is 1. The number of fused-ring (bicyclic) bond motifs is 1. The van der Waals surface area contributed by atoms with Gasteiger partial charge in [-0.15, -0.1) is 11.6 Å². The third-order valence-corrected chi connectivity index (χ3v) is 5.07. The van der Waals surface area contributed by atoms with Gasteiger partial charge in [-0.05, 0) is 37.7 Å². The molecule has 0 aliphatic carbocycles. The van der Waals surface area contributed by atoms with Crippen LogP contribution in [0, 0.1) is 0 Å². The fourth-order valence-corrected chi connectivity index (χ4v) is 3.85. The second kappa shape index (κ2) is 8.04. The molecule has 3 rings (SSSR count). The van der Waals surface area contributed by atoms with E-state index in [9.17, 15) is 4.79 Å². The molecule has 4 nitrogen and oxygen atoms in total. The van der Waals surface area contributed by atoms with Crippen molar-refractivity contribution in [1.29, 1.82) is 0 Å². The molecule has 2 atom stereocenters. The van der Waals surface area contributed by atoms with Crippen molar-refractivity contribution in [1.82, 2.24) is 4.90 Å². The molecule has 1 aromatic carbocycles. The van der Waals surface area contributed by atoms with E-state index in [2.05, 4.69) is 17.0 Å². The minimum Gasteiger partial charge on any atom is -0.466 e. The van der Waals surface area contributed by atoms with Crippen LogP contribution in [0.1, 0.15) is 43.7 Å². The average molecular weight is 350 g/mol. The molecule has 0 amide bonds. The Morgan fingerprint density at radius 3 is 2.83 bits per heavy atom. The van der Waals surface area contributed by atoms with Crippen molar-refractivity contribution in [2.45, 2.75) is 44.4 Å². The van der Waals surface area contributed by atoms with Crippen LogP contribution in [0.15, 0.2) is 41.6 Å². The third kappa shape index (κ3) is 3.45. The number of alkyl halides is 1. The van der Waals surface area contributed by atoms with Gasteiger partial charge in [-0.25, -0.2) is 4.79 Å². The van der Waals surface area contributed by atoms with Crippen molar-refractivity contribution in [3.63, 3.8) is 0 Å². The summed E-state index contributed by atoms with van der Waals surface area (Å²) in [5.41, 5.74) is 3.10. The van der Waals surface area contributed by atoms with Crippen LogP contribution >= 0.6 is 11.6 Å². The van der Waals surface area contributed by atoms with E-state index in [-0.39, 0.29) is 18.2 Å². The molecule has 130 valence electrons. The second-order valence-corrected chi connectivity index (χ2v) is 6.60. The molecular weight excluding hydrogens is 326 g/mol. The summed E-state index contributed by atoms with van der Waals surface area (Å²) in [6, 6.07) is 10.5. The zero-order valence-corrected chi connectivity index (χ0v) is 14.8. The maximum Gasteiger partial charge on any atom is 0.335 e. The highest BCUT2D eigenvalue weighted by Crippen LogP contribution is 2.42. The fraction of sp³-hybridized carbons (Fsp3) is 0.526. The maximum atomic E-state index is 12.3. The summed E-state index contributed by atoms with van der Waals surface area (Å²) in [7, 11) is 1.45. The number of carbonyl (C=O) groups excluding carboxylic acids is 1. The number of nitrogens with zero attached hydrogens (tertiary/aromatic N) is 1. The van der Waals surface area contributed by atoms with Crippen LogP contribution in [-0.2, 0) is 14.3 Å². The van der Waals surface area contributed by atoms with Gasteiger partial charge < -0.3 is 14.4 Å². The number of allylic oxidation sites excluding steroid dienone is 1. The number of halogens is 1. The number of ether oxygens (including phenoxy) is 2. The SMILES string of the molecule is COC(=O)C1=C(CCCCCl)N2[C@H](CC1)OC[C@@H]2c1ccccc1. The molecule has 0 saturated carbocycles. The van der Waals surface area contributed by atoms with E-state index in [1.54, 1.807) is 0 Å². The highest BCUT2D eigenvalue weighted by Gasteiger charge is 2.41. The lowest BCUT2D eigenvalue weighted by molar-refractivity contribution is -0.137. The van der Waals surface area contributed by atoms with Crippen LogP contribution in [-0.4, -0.2) is 36.7 Å². The Morgan fingerprint density at radius 2 is 2.12 bits per heavy atom. The molecule has 1 saturated heterocycles. The summed E-state index contributed by atoms with van der Waals surface area (Å²) in [5, 5.41) is 0. The molecule has 2 aliphatic rings. The van der Waals surface area contributed by atoms with Crippen LogP contribution in [0.5, 0.6) is 0 Å². The smallest absolute Gasteiger partial charge is 0.335 e. The van der Waals surface area contributed by atoms with Gasteiger partial charge in [-0.1, -0.05) is 30.3 Å². The summed E-state index contributed by atoms with van der Waals surface area (Å²) in [6.07, 6.45) is 4.33. The first-order valence-corrected chi connectivity index (χ1v) is 9.11. The Morgan fingerprint density at radius 1 is 1.33 bits per heavy atom. The summed E-state index contributed by atoms with van der Waals surface area (Å²) in [4.78, 5) is 14.6. The molecule has 24 heavy (non-hydrogen) atoms. The van der Waals surface area contributed by atoms with Crippen LogP contribution in [0.2, 0.25) is 0 Å². The van der Waals surface area contributed by atoms with Crippen molar-refractivity contribution >= 4 is 17.6 Å². The zero-order valence-electron chi connectivity index (χ0n) is 14.0. The number of hydrogen-bond acceptors (Lipinski definition) is 4. The first-order chi connectivity index (χ1) is 11.8. The molecule has 0 spiro atoms. The highest BCUT2D eigenvalue weighted by molar-refractivity contribution is 6.17. The quantitative estimate of drug-likeness (QED) is 0.442. The monoisotopic (exact) mass is 349 g/mol. The zero-order chi connectivity index (χ0) is 16.9. The predicted molar refractivity (Wildman–Crippen MR) is 93.6 cm³/mol. The van der Waals surface area contributed by atoms with E-state index in [0.717, 1.165) is 37.0 Å². The molecule has 1 fully saturated rings. The van der Waals surface area contributed by atoms with Crippen LogP contribution in [0.25, 0.3) is 0 Å². The molecule has 5 heteroatoms.